The van der Waals surface area contributed by atoms with Gasteiger partial charge in [-0.25, -0.2) is 14.4 Å². The van der Waals surface area contributed by atoms with Gasteiger partial charge < -0.3 is 25.2 Å². The molecule has 2 N–H and O–H groups in total. The van der Waals surface area contributed by atoms with E-state index in [1.54, 1.807) is 16.7 Å². The number of nitrogens with one attached hydrogen (secondary N) is 2. The molecule has 10 nitrogen and oxygen atoms in total. The predicted octanol–water partition coefficient (Wildman–Crippen LogP) is 5.06. The number of rotatable bonds is 8. The summed E-state index contributed by atoms with van der Waals surface area (Å²) in [6.45, 7) is 18.1. The zero-order valence-electron chi connectivity index (χ0n) is 31.6. The maximum absolute atomic E-state index is 14.9. The van der Waals surface area contributed by atoms with E-state index in [9.17, 15) is 9.18 Å². The van der Waals surface area contributed by atoms with Gasteiger partial charge in [0.05, 0.1) is 30.6 Å². The van der Waals surface area contributed by atoms with Crippen LogP contribution in [0.1, 0.15) is 58.8 Å². The molecule has 5 aliphatic rings. The monoisotopic (exact) mass is 700 g/mol. The number of fused-ring (bicyclic) bond motifs is 3. The molecule has 6 atom stereocenters. The van der Waals surface area contributed by atoms with Crippen molar-refractivity contribution in [3.8, 4) is 5.75 Å². The largest absolute Gasteiger partial charge is 0.497 e. The molecule has 51 heavy (non-hydrogen) atoms. The number of hydrogen-bond acceptors (Lipinski definition) is 7. The van der Waals surface area contributed by atoms with Gasteiger partial charge in [-0.15, -0.1) is 0 Å². The summed E-state index contributed by atoms with van der Waals surface area (Å²) in [6.07, 6.45) is 2.82. The first-order valence-electron chi connectivity index (χ1n) is 19.0. The minimum atomic E-state index is -0.332. The van der Waals surface area contributed by atoms with Crippen LogP contribution in [0.2, 0.25) is 0 Å². The number of nitrogens with zero attached hydrogens (tertiary/aromatic N) is 6. The van der Waals surface area contributed by atoms with Gasteiger partial charge in [-0.3, -0.25) is 14.3 Å². The van der Waals surface area contributed by atoms with Gasteiger partial charge in [0.25, 0.3) is 5.56 Å². The molecular weight excluding hydrogens is 643 g/mol. The second-order valence-electron chi connectivity index (χ2n) is 16.5. The summed E-state index contributed by atoms with van der Waals surface area (Å²) in [5.41, 5.74) is 2.39. The highest BCUT2D eigenvalue weighted by molar-refractivity contribution is 5.96. The van der Waals surface area contributed by atoms with E-state index in [2.05, 4.69) is 67.0 Å². The first-order valence-corrected chi connectivity index (χ1v) is 19.0. The van der Waals surface area contributed by atoms with Gasteiger partial charge in [-0.1, -0.05) is 26.8 Å². The topological polar surface area (TPSA) is 90.3 Å². The Morgan fingerprint density at radius 2 is 1.80 bits per heavy atom. The molecule has 276 valence electrons. The number of benzene rings is 2. The van der Waals surface area contributed by atoms with Gasteiger partial charge in [-0.2, -0.15) is 0 Å². The van der Waals surface area contributed by atoms with E-state index < -0.39 is 0 Å². The molecule has 0 spiro atoms. The van der Waals surface area contributed by atoms with Crippen molar-refractivity contribution in [3.63, 3.8) is 0 Å². The zero-order valence-corrected chi connectivity index (χ0v) is 31.6. The summed E-state index contributed by atoms with van der Waals surface area (Å²) in [6, 6.07) is 11.7. The van der Waals surface area contributed by atoms with Crippen LogP contribution in [0.15, 0.2) is 46.2 Å². The lowest BCUT2D eigenvalue weighted by molar-refractivity contribution is -0.108. The first-order chi connectivity index (χ1) is 24.4. The van der Waals surface area contributed by atoms with Crippen molar-refractivity contribution in [2.24, 2.45) is 28.2 Å². The third kappa shape index (κ3) is 7.39. The van der Waals surface area contributed by atoms with E-state index in [0.717, 1.165) is 63.3 Å². The predicted molar refractivity (Wildman–Crippen MR) is 203 cm³/mol. The van der Waals surface area contributed by atoms with Crippen molar-refractivity contribution in [2.45, 2.75) is 85.1 Å². The van der Waals surface area contributed by atoms with Crippen LogP contribution in [0.4, 0.5) is 10.1 Å². The van der Waals surface area contributed by atoms with Gasteiger partial charge in [-0.05, 0) is 93.2 Å². The Labute approximate surface area is 302 Å². The van der Waals surface area contributed by atoms with Crippen LogP contribution < -0.4 is 20.9 Å². The number of guanidine groups is 1. The fraction of sp³-hybridized carbons (Fsp3) is 0.625. The molecular formula is C40H57FN8O2. The zero-order chi connectivity index (χ0) is 36.0. The molecule has 8 rings (SSSR count). The molecule has 1 aromatic heterocycles. The number of aryl methyl sites for hydroxylation is 1. The summed E-state index contributed by atoms with van der Waals surface area (Å²) in [5.74, 6) is 3.73. The Morgan fingerprint density at radius 3 is 2.47 bits per heavy atom. The van der Waals surface area contributed by atoms with Gasteiger partial charge in [0.2, 0.25) is 0 Å². The van der Waals surface area contributed by atoms with E-state index >= 15 is 0 Å². The Bertz CT molecular complexity index is 1810. The third-order valence-electron chi connectivity index (χ3n) is 12.6. The van der Waals surface area contributed by atoms with Crippen LogP contribution in [0.5, 0.6) is 5.75 Å². The second-order valence-corrected chi connectivity index (χ2v) is 16.5. The molecule has 0 amide bonds. The Hall–Kier alpha value is -3.54. The number of aliphatic imine (C=N–C) groups is 1. The maximum Gasteiger partial charge on any atom is 0.261 e. The van der Waals surface area contributed by atoms with E-state index in [4.69, 9.17) is 14.7 Å². The minimum Gasteiger partial charge on any atom is -0.497 e. The molecule has 5 fully saturated rings. The number of hydrogen-bond donors (Lipinski definition) is 2. The van der Waals surface area contributed by atoms with Crippen molar-refractivity contribution >= 4 is 22.5 Å². The fourth-order valence-electron chi connectivity index (χ4n) is 9.26. The minimum absolute atomic E-state index is 0.0962. The molecule has 3 heterocycles. The normalized spacial score (nSPS) is 28.5. The van der Waals surface area contributed by atoms with Crippen LogP contribution in [0.3, 0.4) is 0 Å². The van der Waals surface area contributed by atoms with Crippen molar-refractivity contribution < 1.29 is 9.13 Å². The van der Waals surface area contributed by atoms with Crippen molar-refractivity contribution in [1.82, 2.24) is 29.6 Å². The highest BCUT2D eigenvalue weighted by Gasteiger charge is 2.56. The molecule has 2 bridgehead atoms. The third-order valence-corrected chi connectivity index (χ3v) is 12.6. The molecule has 2 saturated heterocycles. The average Bonchev–Trinajstić information content (AvgIpc) is 3.09. The maximum atomic E-state index is 14.9. The van der Waals surface area contributed by atoms with Crippen LogP contribution in [0.25, 0.3) is 10.9 Å². The molecule has 11 heteroatoms. The molecule has 0 unspecified atom stereocenters. The van der Waals surface area contributed by atoms with E-state index in [-0.39, 0.29) is 17.4 Å². The fourth-order valence-corrected chi connectivity index (χ4v) is 9.26. The lowest BCUT2D eigenvalue weighted by Gasteiger charge is -2.61. The average molecular weight is 701 g/mol. The number of likely N-dealkylation sites (N-methyl/N-ethyl adjacent to an activating group) is 1. The SMILES string of the molecule is COc1ccc(CCn2c(CN3CCN(C)CC3)nc3cc(N/C(=N/[C@H]4C[C@H]5C[C@@H]([C@@H]4C)C5(C)C)N4C[C@@H](C)N[C@@H](C)C4)ccc3c2=O)c(F)c1. The van der Waals surface area contributed by atoms with Crippen molar-refractivity contribution in [3.05, 3.63) is 64.0 Å². The number of ether oxygens (including phenoxy) is 1. The molecule has 2 aliphatic heterocycles. The smallest absolute Gasteiger partial charge is 0.261 e. The quantitative estimate of drug-likeness (QED) is 0.249. The van der Waals surface area contributed by atoms with Gasteiger partial charge in [0.1, 0.15) is 17.4 Å². The number of piperazine rings is 2. The van der Waals surface area contributed by atoms with E-state index in [1.165, 1.54) is 19.6 Å². The lowest BCUT2D eigenvalue weighted by Crippen LogP contribution is -2.59. The van der Waals surface area contributed by atoms with Crippen LogP contribution in [-0.2, 0) is 19.5 Å². The standard InChI is InChI=1S/C40H57FN8O2/c1-25-22-48(23-26(2)42-25)39(45-35-19-29-18-33(27(35)3)40(29,4)5)43-30-9-11-32-36(20-30)44-37(24-47-16-14-46(6)15-17-47)49(38(32)50)13-12-28-8-10-31(51-7)21-34(28)41/h8-11,20-21,25-27,29,33,35,42H,12-19,22-24H2,1-7H3,(H,43,45)/t25-,26+,27-,29+,33-,35-/m0/s1. The molecule has 0 radical (unpaired) electrons. The molecule has 2 aromatic carbocycles. The summed E-state index contributed by atoms with van der Waals surface area (Å²) in [5, 5.41) is 7.96. The van der Waals surface area contributed by atoms with Crippen LogP contribution >= 0.6 is 0 Å². The number of halogens is 1. The molecule has 3 aromatic rings. The summed E-state index contributed by atoms with van der Waals surface area (Å²) in [7, 11) is 3.66. The van der Waals surface area contributed by atoms with Gasteiger partial charge in [0, 0.05) is 69.7 Å². The second kappa shape index (κ2) is 14.5. The Balaban J connectivity index is 1.21. The lowest BCUT2D eigenvalue weighted by atomic mass is 9.45. The number of anilines is 1. The van der Waals surface area contributed by atoms with Crippen LogP contribution in [-0.4, -0.2) is 102 Å². The summed E-state index contributed by atoms with van der Waals surface area (Å²) in [4.78, 5) is 32.0. The Morgan fingerprint density at radius 1 is 1.06 bits per heavy atom. The highest BCUT2D eigenvalue weighted by Crippen LogP contribution is 2.61. The first kappa shape index (κ1) is 35.8. The highest BCUT2D eigenvalue weighted by atomic mass is 19.1. The summed E-state index contributed by atoms with van der Waals surface area (Å²) >= 11 is 0. The summed E-state index contributed by atoms with van der Waals surface area (Å²) < 4.78 is 21.9. The number of methoxy groups -OCH3 is 1. The number of aromatic nitrogens is 2. The van der Waals surface area contributed by atoms with E-state index in [1.807, 2.05) is 18.2 Å². The van der Waals surface area contributed by atoms with E-state index in [0.29, 0.717) is 76.9 Å². The van der Waals surface area contributed by atoms with Gasteiger partial charge in [0.15, 0.2) is 5.96 Å². The van der Waals surface area contributed by atoms with Crippen LogP contribution in [0, 0.1) is 29.0 Å². The van der Waals surface area contributed by atoms with Crippen molar-refractivity contribution in [2.75, 3.05) is 58.7 Å². The van der Waals surface area contributed by atoms with Gasteiger partial charge >= 0.3 is 0 Å². The Kier molecular flexibility index (Phi) is 10.2. The molecule has 3 aliphatic carbocycles. The van der Waals surface area contributed by atoms with Crippen molar-refractivity contribution in [1.29, 1.82) is 0 Å². The molecule has 3 saturated carbocycles.